The molecule has 0 radical (unpaired) electrons. The van der Waals surface area contributed by atoms with E-state index in [9.17, 15) is 9.59 Å². The minimum atomic E-state index is -0.412. The van der Waals surface area contributed by atoms with E-state index >= 15 is 0 Å². The average molecular weight is 368 g/mol. The van der Waals surface area contributed by atoms with E-state index in [4.69, 9.17) is 4.74 Å². The van der Waals surface area contributed by atoms with Crippen LogP contribution in [0.3, 0.4) is 0 Å². The van der Waals surface area contributed by atoms with Crippen molar-refractivity contribution in [3.63, 3.8) is 0 Å². The predicted octanol–water partition coefficient (Wildman–Crippen LogP) is 3.95. The Hall–Kier alpha value is -3.73. The second-order valence-electron chi connectivity index (χ2n) is 6.87. The highest BCUT2D eigenvalue weighted by Crippen LogP contribution is 2.34. The molecule has 5 heteroatoms. The van der Waals surface area contributed by atoms with Gasteiger partial charge in [0.2, 0.25) is 0 Å². The Morgan fingerprint density at radius 1 is 1.07 bits per heavy atom. The van der Waals surface area contributed by atoms with E-state index in [1.165, 1.54) is 6.92 Å². The average Bonchev–Trinajstić information content (AvgIpc) is 3.00. The number of carbonyl (C=O) groups is 1. The van der Waals surface area contributed by atoms with Gasteiger partial charge in [0, 0.05) is 48.3 Å². The van der Waals surface area contributed by atoms with Crippen molar-refractivity contribution in [2.45, 2.75) is 13.3 Å². The predicted molar refractivity (Wildman–Crippen MR) is 108 cm³/mol. The fraction of sp³-hybridized carbons (Fsp3) is 0.0870. The fourth-order valence-corrected chi connectivity index (χ4v) is 3.87. The van der Waals surface area contributed by atoms with Crippen LogP contribution < -0.4 is 10.2 Å². The van der Waals surface area contributed by atoms with E-state index < -0.39 is 5.97 Å². The molecule has 0 aliphatic heterocycles. The largest absolute Gasteiger partial charge is 0.427 e. The SMILES string of the molecule is CC(=O)Oc1cc2c(=O)c(Cc3cccnc3)cn3c4ccccc4c(c1)c23. The number of carbonyl (C=O) groups excluding carboxylic acids is 1. The van der Waals surface area contributed by atoms with Gasteiger partial charge in [0.05, 0.1) is 16.4 Å². The Balaban J connectivity index is 1.87. The molecule has 28 heavy (non-hydrogen) atoms. The number of benzene rings is 2. The first kappa shape index (κ1) is 16.4. The minimum Gasteiger partial charge on any atom is -0.427 e. The summed E-state index contributed by atoms with van der Waals surface area (Å²) in [5, 5.41) is 2.46. The highest BCUT2D eigenvalue weighted by atomic mass is 16.5. The topological polar surface area (TPSA) is 60.7 Å². The van der Waals surface area contributed by atoms with E-state index in [2.05, 4.69) is 9.38 Å². The summed E-state index contributed by atoms with van der Waals surface area (Å²) in [7, 11) is 0. The van der Waals surface area contributed by atoms with Crippen LogP contribution in [0.2, 0.25) is 0 Å². The molecule has 0 bridgehead atoms. The maximum atomic E-state index is 13.3. The van der Waals surface area contributed by atoms with Gasteiger partial charge in [-0.1, -0.05) is 24.3 Å². The molecule has 0 saturated heterocycles. The smallest absolute Gasteiger partial charge is 0.308 e. The number of esters is 1. The van der Waals surface area contributed by atoms with Crippen molar-refractivity contribution in [1.29, 1.82) is 0 Å². The summed E-state index contributed by atoms with van der Waals surface area (Å²) in [6.07, 6.45) is 5.88. The number of hydrogen-bond acceptors (Lipinski definition) is 4. The lowest BCUT2D eigenvalue weighted by Crippen LogP contribution is -2.12. The van der Waals surface area contributed by atoms with Crippen molar-refractivity contribution in [1.82, 2.24) is 9.38 Å². The maximum Gasteiger partial charge on any atom is 0.308 e. The molecule has 0 amide bonds. The van der Waals surface area contributed by atoms with Crippen LogP contribution in [0.4, 0.5) is 0 Å². The molecule has 136 valence electrons. The molecule has 0 atom stereocenters. The van der Waals surface area contributed by atoms with E-state index in [0.717, 1.165) is 27.4 Å². The van der Waals surface area contributed by atoms with Gasteiger partial charge in [-0.05, 0) is 29.8 Å². The molecule has 0 saturated carbocycles. The van der Waals surface area contributed by atoms with Gasteiger partial charge in [0.25, 0.3) is 0 Å². The van der Waals surface area contributed by atoms with Crippen molar-refractivity contribution >= 4 is 33.2 Å². The van der Waals surface area contributed by atoms with Crippen LogP contribution in [0, 0.1) is 0 Å². The lowest BCUT2D eigenvalue weighted by Gasteiger charge is -2.08. The number of hydrogen-bond donors (Lipinski definition) is 0. The molecule has 0 aliphatic rings. The van der Waals surface area contributed by atoms with Gasteiger partial charge in [-0.25, -0.2) is 0 Å². The van der Waals surface area contributed by atoms with Crippen LogP contribution >= 0.6 is 0 Å². The Bertz CT molecular complexity index is 1400. The van der Waals surface area contributed by atoms with Crippen molar-refractivity contribution in [2.24, 2.45) is 0 Å². The van der Waals surface area contributed by atoms with Gasteiger partial charge in [-0.2, -0.15) is 0 Å². The lowest BCUT2D eigenvalue weighted by molar-refractivity contribution is -0.131. The van der Waals surface area contributed by atoms with Gasteiger partial charge in [-0.15, -0.1) is 0 Å². The molecule has 2 aromatic carbocycles. The quantitative estimate of drug-likeness (QED) is 0.357. The number of pyridine rings is 2. The van der Waals surface area contributed by atoms with Gasteiger partial charge in [0.1, 0.15) is 5.75 Å². The van der Waals surface area contributed by atoms with Crippen LogP contribution in [0.5, 0.6) is 5.75 Å². The summed E-state index contributed by atoms with van der Waals surface area (Å²) in [5.74, 6) is -0.0291. The second-order valence-corrected chi connectivity index (χ2v) is 6.87. The molecule has 3 heterocycles. The molecule has 5 rings (SSSR count). The van der Waals surface area contributed by atoms with Crippen LogP contribution in [0.25, 0.3) is 27.2 Å². The number of rotatable bonds is 3. The fourth-order valence-electron chi connectivity index (χ4n) is 3.87. The highest BCUT2D eigenvalue weighted by Gasteiger charge is 2.18. The van der Waals surface area contributed by atoms with Gasteiger partial charge >= 0.3 is 5.97 Å². The minimum absolute atomic E-state index is 0.0573. The Labute approximate surface area is 160 Å². The van der Waals surface area contributed by atoms with Gasteiger partial charge < -0.3 is 9.14 Å². The molecule has 3 aromatic heterocycles. The van der Waals surface area contributed by atoms with Gasteiger partial charge in [-0.3, -0.25) is 14.6 Å². The molecule has 0 spiro atoms. The third-order valence-electron chi connectivity index (χ3n) is 4.98. The van der Waals surface area contributed by atoms with Crippen LogP contribution in [-0.4, -0.2) is 15.4 Å². The zero-order valence-electron chi connectivity index (χ0n) is 15.2. The summed E-state index contributed by atoms with van der Waals surface area (Å²) >= 11 is 0. The second kappa shape index (κ2) is 6.16. The van der Waals surface area contributed by atoms with Crippen molar-refractivity contribution in [3.8, 4) is 5.75 Å². The van der Waals surface area contributed by atoms with Crippen molar-refractivity contribution < 1.29 is 9.53 Å². The monoisotopic (exact) mass is 368 g/mol. The normalized spacial score (nSPS) is 11.5. The van der Waals surface area contributed by atoms with Gasteiger partial charge in [0.15, 0.2) is 5.43 Å². The molecular formula is C23H16N2O3. The standard InChI is InChI=1S/C23H16N2O3/c1-14(26)28-17-10-19-18-6-2-3-7-21(18)25-13-16(9-15-5-4-8-24-12-15)23(27)20(11-17)22(19)25/h2-8,10-13H,9H2,1H3. The summed E-state index contributed by atoms with van der Waals surface area (Å²) < 4.78 is 7.38. The first-order valence-corrected chi connectivity index (χ1v) is 9.01. The number of aromatic nitrogens is 2. The van der Waals surface area contributed by atoms with E-state index in [-0.39, 0.29) is 5.43 Å². The number of fused-ring (bicyclic) bond motifs is 3. The van der Waals surface area contributed by atoms with E-state index in [1.807, 2.05) is 48.7 Å². The zero-order chi connectivity index (χ0) is 19.3. The third-order valence-corrected chi connectivity index (χ3v) is 4.98. The highest BCUT2D eigenvalue weighted by molar-refractivity contribution is 6.14. The molecule has 5 aromatic rings. The molecule has 5 nitrogen and oxygen atoms in total. The molecule has 0 aliphatic carbocycles. The molecule has 0 unspecified atom stereocenters. The van der Waals surface area contributed by atoms with Crippen molar-refractivity contribution in [3.05, 3.63) is 88.5 Å². The van der Waals surface area contributed by atoms with Crippen molar-refractivity contribution in [2.75, 3.05) is 0 Å². The number of para-hydroxylation sites is 1. The summed E-state index contributed by atoms with van der Waals surface area (Å²) in [5.41, 5.74) is 3.43. The summed E-state index contributed by atoms with van der Waals surface area (Å²) in [6.45, 7) is 1.36. The number of nitrogens with zero attached hydrogens (tertiary/aromatic N) is 2. The first-order valence-electron chi connectivity index (χ1n) is 9.01. The van der Waals surface area contributed by atoms with E-state index in [0.29, 0.717) is 23.1 Å². The summed E-state index contributed by atoms with van der Waals surface area (Å²) in [4.78, 5) is 28.9. The van der Waals surface area contributed by atoms with Crippen LogP contribution in [0.15, 0.2) is 71.9 Å². The third kappa shape index (κ3) is 2.52. The molecule has 0 N–H and O–H groups in total. The first-order chi connectivity index (χ1) is 13.6. The summed E-state index contributed by atoms with van der Waals surface area (Å²) in [6, 6.07) is 15.3. The molecule has 0 fully saturated rings. The Morgan fingerprint density at radius 2 is 1.89 bits per heavy atom. The van der Waals surface area contributed by atoms with Crippen LogP contribution in [-0.2, 0) is 11.2 Å². The molecular weight excluding hydrogens is 352 g/mol. The maximum absolute atomic E-state index is 13.3. The van der Waals surface area contributed by atoms with Crippen LogP contribution in [0.1, 0.15) is 18.1 Å². The Kier molecular flexibility index (Phi) is 3.62. The zero-order valence-corrected chi connectivity index (χ0v) is 15.2. The number of ether oxygens (including phenoxy) is 1. The lowest BCUT2D eigenvalue weighted by atomic mass is 10.0. The Morgan fingerprint density at radius 3 is 2.68 bits per heavy atom. The van der Waals surface area contributed by atoms with E-state index in [1.54, 1.807) is 18.5 Å².